The van der Waals surface area contributed by atoms with Crippen LogP contribution in [0.4, 0.5) is 10.1 Å². The number of amides is 2. The van der Waals surface area contributed by atoms with E-state index in [1.54, 1.807) is 29.3 Å². The van der Waals surface area contributed by atoms with Crippen LogP contribution in [0.25, 0.3) is 10.9 Å². The van der Waals surface area contributed by atoms with Gasteiger partial charge in [-0.2, -0.15) is 0 Å². The molecular formula is C28H37ClFN5O4. The minimum Gasteiger partial charge on any atom is -1.00 e. The number of hydrogen-bond donors (Lipinski definition) is 2. The molecule has 0 spiro atoms. The van der Waals surface area contributed by atoms with Gasteiger partial charge in [0.25, 0.3) is 11.8 Å². The summed E-state index contributed by atoms with van der Waals surface area (Å²) in [7, 11) is 0. The summed E-state index contributed by atoms with van der Waals surface area (Å²) in [5.74, 6) is -0.862. The van der Waals surface area contributed by atoms with Gasteiger partial charge in [-0.15, -0.1) is 0 Å². The van der Waals surface area contributed by atoms with Crippen molar-refractivity contribution in [1.82, 2.24) is 14.8 Å². The fourth-order valence-electron chi connectivity index (χ4n) is 5.01. The summed E-state index contributed by atoms with van der Waals surface area (Å²) in [6.07, 6.45) is 3.85. The second-order valence-electron chi connectivity index (χ2n) is 9.55. The summed E-state index contributed by atoms with van der Waals surface area (Å²) < 4.78 is 22.4. The molecule has 0 atom stereocenters. The lowest BCUT2D eigenvalue weighted by Gasteiger charge is -2.36. The summed E-state index contributed by atoms with van der Waals surface area (Å²) in [6, 6.07) is 6.21. The Hall–Kier alpha value is -3.37. The predicted octanol–water partition coefficient (Wildman–Crippen LogP) is -1.24. The zero-order valence-electron chi connectivity index (χ0n) is 22.8. The number of pyridine rings is 1. The van der Waals surface area contributed by atoms with Crippen LogP contribution in [0.3, 0.4) is 0 Å². The number of aromatic nitrogens is 1. The Labute approximate surface area is 233 Å². The van der Waals surface area contributed by atoms with Gasteiger partial charge >= 0.3 is 0 Å². The SMILES string of the molecule is CCn1cc(C(=O)NCCC[NH+](CC)CC)c(=O)c2cc(F)c(N3CCN(C(=O)c4ccco4)CC3)cc21.[Cl-]. The molecule has 4 rings (SSSR count). The van der Waals surface area contributed by atoms with E-state index < -0.39 is 17.2 Å². The molecule has 3 heterocycles. The molecule has 39 heavy (non-hydrogen) atoms. The number of carbonyl (C=O) groups excluding carboxylic acids is 2. The van der Waals surface area contributed by atoms with Gasteiger partial charge in [0.2, 0.25) is 5.43 Å². The van der Waals surface area contributed by atoms with Crippen LogP contribution in [-0.2, 0) is 6.54 Å². The molecule has 0 bridgehead atoms. The fraction of sp³-hybridized carbons (Fsp3) is 0.464. The number of anilines is 1. The van der Waals surface area contributed by atoms with Crippen LogP contribution in [0.2, 0.25) is 0 Å². The number of carbonyl (C=O) groups is 2. The van der Waals surface area contributed by atoms with Crippen molar-refractivity contribution in [3.05, 3.63) is 64.1 Å². The van der Waals surface area contributed by atoms with Crippen molar-refractivity contribution < 1.29 is 35.7 Å². The molecule has 11 heteroatoms. The van der Waals surface area contributed by atoms with Crippen molar-refractivity contribution >= 4 is 28.4 Å². The number of benzene rings is 1. The average Bonchev–Trinajstić information content (AvgIpc) is 3.48. The summed E-state index contributed by atoms with van der Waals surface area (Å²) in [5.41, 5.74) is 0.493. The molecule has 2 amide bonds. The standard InChI is InChI=1S/C28H36FN5O4.ClH/c1-4-31(5-2)11-8-10-30-27(36)21-19-32(6-3)23-18-24(22(29)17-20(23)26(21)35)33-12-14-34(15-13-33)28(37)25-9-7-16-38-25;/h7,9,16-19H,4-6,8,10-15H2,1-3H3,(H,30,36);1H. The van der Waals surface area contributed by atoms with Crippen molar-refractivity contribution in [2.75, 3.05) is 57.3 Å². The zero-order chi connectivity index (χ0) is 27.2. The highest BCUT2D eigenvalue weighted by Gasteiger charge is 2.26. The van der Waals surface area contributed by atoms with Crippen LogP contribution in [0.15, 0.2) is 45.9 Å². The van der Waals surface area contributed by atoms with E-state index in [4.69, 9.17) is 4.42 Å². The molecular weight excluding hydrogens is 525 g/mol. The smallest absolute Gasteiger partial charge is 0.289 e. The Balaban J connectivity index is 0.00000420. The van der Waals surface area contributed by atoms with Crippen molar-refractivity contribution in [1.29, 1.82) is 0 Å². The van der Waals surface area contributed by atoms with Crippen molar-refractivity contribution in [2.45, 2.75) is 33.7 Å². The van der Waals surface area contributed by atoms with E-state index in [-0.39, 0.29) is 35.0 Å². The van der Waals surface area contributed by atoms with Gasteiger partial charge in [0.05, 0.1) is 37.1 Å². The van der Waals surface area contributed by atoms with E-state index in [1.807, 2.05) is 16.4 Å². The van der Waals surface area contributed by atoms with Gasteiger partial charge < -0.3 is 41.4 Å². The largest absolute Gasteiger partial charge is 1.00 e. The Morgan fingerprint density at radius 3 is 2.44 bits per heavy atom. The Morgan fingerprint density at radius 1 is 1.10 bits per heavy atom. The molecule has 212 valence electrons. The van der Waals surface area contributed by atoms with Crippen LogP contribution in [0.5, 0.6) is 0 Å². The maximum absolute atomic E-state index is 15.3. The molecule has 1 saturated heterocycles. The highest BCUT2D eigenvalue weighted by atomic mass is 35.5. The van der Waals surface area contributed by atoms with Gasteiger partial charge in [-0.25, -0.2) is 4.39 Å². The molecule has 1 aliphatic rings. The maximum Gasteiger partial charge on any atom is 0.289 e. The molecule has 0 radical (unpaired) electrons. The normalized spacial score (nSPS) is 13.6. The Bertz CT molecular complexity index is 1330. The first-order valence-corrected chi connectivity index (χ1v) is 13.4. The molecule has 3 aromatic rings. The second-order valence-corrected chi connectivity index (χ2v) is 9.55. The summed E-state index contributed by atoms with van der Waals surface area (Å²) in [5, 5.41) is 3.03. The molecule has 2 aromatic heterocycles. The lowest BCUT2D eigenvalue weighted by atomic mass is 10.1. The predicted molar refractivity (Wildman–Crippen MR) is 145 cm³/mol. The number of halogens is 2. The fourth-order valence-corrected chi connectivity index (χ4v) is 5.01. The van der Waals surface area contributed by atoms with E-state index in [1.165, 1.54) is 17.2 Å². The molecule has 1 fully saturated rings. The zero-order valence-corrected chi connectivity index (χ0v) is 23.5. The van der Waals surface area contributed by atoms with Crippen molar-refractivity contribution in [2.24, 2.45) is 0 Å². The van der Waals surface area contributed by atoms with Gasteiger partial charge in [-0.1, -0.05) is 0 Å². The molecule has 0 saturated carbocycles. The Morgan fingerprint density at radius 2 is 1.82 bits per heavy atom. The van der Waals surface area contributed by atoms with Crippen molar-refractivity contribution in [3.8, 4) is 0 Å². The molecule has 1 aromatic carbocycles. The van der Waals surface area contributed by atoms with Crippen LogP contribution in [0.1, 0.15) is 48.1 Å². The third kappa shape index (κ3) is 6.62. The van der Waals surface area contributed by atoms with Crippen LogP contribution in [-0.4, -0.2) is 73.6 Å². The number of nitrogens with one attached hydrogen (secondary N) is 2. The van der Waals surface area contributed by atoms with Crippen LogP contribution >= 0.6 is 0 Å². The van der Waals surface area contributed by atoms with Gasteiger partial charge in [0.15, 0.2) is 5.76 Å². The minimum absolute atomic E-state index is 0. The lowest BCUT2D eigenvalue weighted by molar-refractivity contribution is -0.896. The number of hydrogen-bond acceptors (Lipinski definition) is 5. The number of fused-ring (bicyclic) bond motifs is 1. The molecule has 0 unspecified atom stereocenters. The average molecular weight is 562 g/mol. The number of nitrogens with zero attached hydrogens (tertiary/aromatic N) is 3. The van der Waals surface area contributed by atoms with E-state index in [0.717, 1.165) is 26.1 Å². The topological polar surface area (TPSA) is 92.2 Å². The number of aryl methyl sites for hydroxylation is 1. The first-order valence-electron chi connectivity index (χ1n) is 13.4. The summed E-state index contributed by atoms with van der Waals surface area (Å²) >= 11 is 0. The van der Waals surface area contributed by atoms with Gasteiger partial charge in [0.1, 0.15) is 11.4 Å². The third-order valence-electron chi connectivity index (χ3n) is 7.37. The highest BCUT2D eigenvalue weighted by Crippen LogP contribution is 2.26. The summed E-state index contributed by atoms with van der Waals surface area (Å²) in [6.45, 7) is 11.9. The molecule has 0 aliphatic carbocycles. The van der Waals surface area contributed by atoms with E-state index in [9.17, 15) is 14.4 Å². The lowest BCUT2D eigenvalue weighted by Crippen LogP contribution is -3.11. The van der Waals surface area contributed by atoms with E-state index in [2.05, 4.69) is 19.2 Å². The number of quaternary nitrogens is 1. The van der Waals surface area contributed by atoms with E-state index in [0.29, 0.717) is 50.5 Å². The van der Waals surface area contributed by atoms with Crippen LogP contribution < -0.4 is 33.0 Å². The van der Waals surface area contributed by atoms with Gasteiger partial charge in [-0.3, -0.25) is 14.4 Å². The molecule has 2 N–H and O–H groups in total. The summed E-state index contributed by atoms with van der Waals surface area (Å²) in [4.78, 5) is 43.7. The number of furan rings is 1. The number of piperazine rings is 1. The number of rotatable bonds is 10. The second kappa shape index (κ2) is 13.6. The van der Waals surface area contributed by atoms with Gasteiger partial charge in [0, 0.05) is 57.3 Å². The Kier molecular flexibility index (Phi) is 10.5. The maximum atomic E-state index is 15.3. The van der Waals surface area contributed by atoms with Crippen LogP contribution in [0, 0.1) is 5.82 Å². The van der Waals surface area contributed by atoms with Gasteiger partial charge in [-0.05, 0) is 45.0 Å². The quantitative estimate of drug-likeness (QED) is 0.302. The minimum atomic E-state index is -0.525. The third-order valence-corrected chi connectivity index (χ3v) is 7.37. The highest BCUT2D eigenvalue weighted by molar-refractivity contribution is 5.98. The molecule has 1 aliphatic heterocycles. The monoisotopic (exact) mass is 561 g/mol. The first-order chi connectivity index (χ1) is 18.4. The first kappa shape index (κ1) is 30.2. The van der Waals surface area contributed by atoms with Crippen molar-refractivity contribution in [3.63, 3.8) is 0 Å². The van der Waals surface area contributed by atoms with E-state index >= 15 is 4.39 Å². The molecule has 9 nitrogen and oxygen atoms in total.